The Hall–Kier alpha value is -0.570. The summed E-state index contributed by atoms with van der Waals surface area (Å²) in [6, 6.07) is 0. The van der Waals surface area contributed by atoms with Crippen molar-refractivity contribution >= 4 is 17.2 Å². The van der Waals surface area contributed by atoms with E-state index >= 15 is 0 Å². The average Bonchev–Trinajstić information content (AvgIpc) is 2.68. The van der Waals surface area contributed by atoms with Gasteiger partial charge in [0.05, 0.1) is 5.51 Å². The lowest BCUT2D eigenvalue weighted by Gasteiger charge is -2.25. The summed E-state index contributed by atoms with van der Waals surface area (Å²) in [5, 5.41) is 0. The molecule has 1 aliphatic rings. The van der Waals surface area contributed by atoms with Crippen molar-refractivity contribution in [1.82, 2.24) is 4.98 Å². The second-order valence-corrected chi connectivity index (χ2v) is 3.72. The lowest BCUT2D eigenvalue weighted by atomic mass is 10.2. The summed E-state index contributed by atoms with van der Waals surface area (Å²) in [7, 11) is 0. The number of hydrogen-bond acceptors (Lipinski definition) is 3. The van der Waals surface area contributed by atoms with Gasteiger partial charge in [0.1, 0.15) is 5.82 Å². The van der Waals surface area contributed by atoms with Crippen LogP contribution < -0.4 is 4.90 Å². The van der Waals surface area contributed by atoms with Crippen molar-refractivity contribution in [2.75, 3.05) is 18.0 Å². The molecular formula is C10H18N2S. The van der Waals surface area contributed by atoms with Crippen molar-refractivity contribution in [3.8, 4) is 0 Å². The largest absolute Gasteiger partial charge is 0.356 e. The van der Waals surface area contributed by atoms with Crippen LogP contribution in [0, 0.1) is 0 Å². The Bertz CT molecular complexity index is 245. The molecule has 1 aliphatic heterocycles. The van der Waals surface area contributed by atoms with Crippen molar-refractivity contribution in [3.63, 3.8) is 0 Å². The summed E-state index contributed by atoms with van der Waals surface area (Å²) >= 11 is 1.79. The third kappa shape index (κ3) is 2.21. The SMILES string of the molecule is CC.CCN1CCCc2scnc21. The van der Waals surface area contributed by atoms with Gasteiger partial charge >= 0.3 is 0 Å². The molecule has 1 aromatic rings. The molecule has 0 N–H and O–H groups in total. The number of nitrogens with zero attached hydrogens (tertiary/aromatic N) is 2. The van der Waals surface area contributed by atoms with E-state index in [0.29, 0.717) is 0 Å². The van der Waals surface area contributed by atoms with Gasteiger partial charge in [-0.25, -0.2) is 4.98 Å². The molecule has 2 nitrogen and oxygen atoms in total. The molecule has 74 valence electrons. The number of thiazole rings is 1. The summed E-state index contributed by atoms with van der Waals surface area (Å²) in [5.41, 5.74) is 1.96. The van der Waals surface area contributed by atoms with Crippen LogP contribution in [-0.4, -0.2) is 18.1 Å². The molecule has 2 heterocycles. The van der Waals surface area contributed by atoms with Crippen molar-refractivity contribution < 1.29 is 0 Å². The van der Waals surface area contributed by atoms with Gasteiger partial charge in [-0.3, -0.25) is 0 Å². The van der Waals surface area contributed by atoms with E-state index in [4.69, 9.17) is 0 Å². The third-order valence-corrected chi connectivity index (χ3v) is 3.01. The molecule has 0 saturated heterocycles. The molecule has 0 aliphatic carbocycles. The van der Waals surface area contributed by atoms with E-state index in [1.807, 2.05) is 19.4 Å². The van der Waals surface area contributed by atoms with E-state index in [-0.39, 0.29) is 0 Å². The van der Waals surface area contributed by atoms with Crippen LogP contribution >= 0.6 is 11.3 Å². The molecule has 3 heteroatoms. The molecule has 0 atom stereocenters. The van der Waals surface area contributed by atoms with Crippen LogP contribution in [-0.2, 0) is 6.42 Å². The molecular weight excluding hydrogens is 180 g/mol. The fourth-order valence-electron chi connectivity index (χ4n) is 1.54. The normalized spacial score (nSPS) is 14.5. The first-order valence-corrected chi connectivity index (χ1v) is 5.97. The molecule has 0 spiro atoms. The fraction of sp³-hybridized carbons (Fsp3) is 0.700. The molecule has 0 unspecified atom stereocenters. The Kier molecular flexibility index (Phi) is 4.22. The molecule has 0 saturated carbocycles. The van der Waals surface area contributed by atoms with Crippen LogP contribution in [0.3, 0.4) is 0 Å². The maximum Gasteiger partial charge on any atom is 0.142 e. The highest BCUT2D eigenvalue weighted by Crippen LogP contribution is 2.28. The van der Waals surface area contributed by atoms with Crippen LogP contribution in [0.25, 0.3) is 0 Å². The van der Waals surface area contributed by atoms with Crippen LogP contribution in [0.5, 0.6) is 0 Å². The first kappa shape index (κ1) is 10.5. The van der Waals surface area contributed by atoms with Gasteiger partial charge in [-0.05, 0) is 19.8 Å². The third-order valence-electron chi connectivity index (χ3n) is 2.13. The highest BCUT2D eigenvalue weighted by Gasteiger charge is 2.17. The molecule has 0 radical (unpaired) electrons. The number of hydrogen-bond donors (Lipinski definition) is 0. The number of rotatable bonds is 1. The summed E-state index contributed by atoms with van der Waals surface area (Å²) < 4.78 is 0. The van der Waals surface area contributed by atoms with Gasteiger partial charge in [-0.15, -0.1) is 11.3 Å². The fourth-order valence-corrected chi connectivity index (χ4v) is 2.37. The molecule has 0 amide bonds. The first-order chi connectivity index (χ1) is 6.42. The number of aryl methyl sites for hydroxylation is 1. The predicted octanol–water partition coefficient (Wildman–Crippen LogP) is 2.94. The van der Waals surface area contributed by atoms with Crippen molar-refractivity contribution in [2.45, 2.75) is 33.6 Å². The van der Waals surface area contributed by atoms with E-state index in [1.54, 1.807) is 11.3 Å². The Morgan fingerprint density at radius 1 is 1.54 bits per heavy atom. The van der Waals surface area contributed by atoms with Gasteiger partial charge in [-0.2, -0.15) is 0 Å². The van der Waals surface area contributed by atoms with E-state index in [2.05, 4.69) is 16.8 Å². The number of fused-ring (bicyclic) bond motifs is 1. The van der Waals surface area contributed by atoms with Gasteiger partial charge in [0, 0.05) is 18.0 Å². The number of anilines is 1. The summed E-state index contributed by atoms with van der Waals surface area (Å²) in [4.78, 5) is 8.18. The lowest BCUT2D eigenvalue weighted by Crippen LogP contribution is -2.28. The van der Waals surface area contributed by atoms with Crippen molar-refractivity contribution in [2.24, 2.45) is 0 Å². The highest BCUT2D eigenvalue weighted by atomic mass is 32.1. The van der Waals surface area contributed by atoms with Gasteiger partial charge in [0.25, 0.3) is 0 Å². The lowest BCUT2D eigenvalue weighted by molar-refractivity contribution is 0.706. The molecule has 0 fully saturated rings. The molecule has 0 aromatic carbocycles. The van der Waals surface area contributed by atoms with Gasteiger partial charge in [-0.1, -0.05) is 13.8 Å². The van der Waals surface area contributed by atoms with Crippen molar-refractivity contribution in [1.29, 1.82) is 0 Å². The Labute approximate surface area is 84.6 Å². The standard InChI is InChI=1S/C8H12N2S.C2H6/c1-2-10-5-3-4-7-8(10)9-6-11-7;1-2/h6H,2-5H2,1H3;1-2H3. The van der Waals surface area contributed by atoms with Gasteiger partial charge in [0.2, 0.25) is 0 Å². The number of aromatic nitrogens is 1. The second-order valence-electron chi connectivity index (χ2n) is 2.78. The molecule has 13 heavy (non-hydrogen) atoms. The molecule has 0 bridgehead atoms. The smallest absolute Gasteiger partial charge is 0.142 e. The summed E-state index contributed by atoms with van der Waals surface area (Å²) in [6.07, 6.45) is 2.53. The van der Waals surface area contributed by atoms with E-state index in [1.165, 1.54) is 30.1 Å². The van der Waals surface area contributed by atoms with E-state index < -0.39 is 0 Å². The predicted molar refractivity (Wildman–Crippen MR) is 59.7 cm³/mol. The Morgan fingerprint density at radius 3 is 3.00 bits per heavy atom. The van der Waals surface area contributed by atoms with Crippen molar-refractivity contribution in [3.05, 3.63) is 10.4 Å². The van der Waals surface area contributed by atoms with Gasteiger partial charge < -0.3 is 4.90 Å². The van der Waals surface area contributed by atoms with E-state index in [0.717, 1.165) is 6.54 Å². The topological polar surface area (TPSA) is 16.1 Å². The average molecular weight is 198 g/mol. The second kappa shape index (κ2) is 5.22. The highest BCUT2D eigenvalue weighted by molar-refractivity contribution is 7.10. The zero-order valence-electron chi connectivity index (χ0n) is 8.71. The van der Waals surface area contributed by atoms with Crippen LogP contribution in [0.1, 0.15) is 32.1 Å². The summed E-state index contributed by atoms with van der Waals surface area (Å²) in [5.74, 6) is 1.24. The van der Waals surface area contributed by atoms with Crippen LogP contribution in [0.2, 0.25) is 0 Å². The maximum absolute atomic E-state index is 4.35. The summed E-state index contributed by atoms with van der Waals surface area (Å²) in [6.45, 7) is 8.47. The molecule has 2 rings (SSSR count). The van der Waals surface area contributed by atoms with Crippen LogP contribution in [0.4, 0.5) is 5.82 Å². The minimum absolute atomic E-state index is 1.09. The Balaban J connectivity index is 0.000000396. The minimum Gasteiger partial charge on any atom is -0.356 e. The zero-order valence-corrected chi connectivity index (χ0v) is 9.52. The monoisotopic (exact) mass is 198 g/mol. The van der Waals surface area contributed by atoms with E-state index in [9.17, 15) is 0 Å². The molecule has 1 aromatic heterocycles. The first-order valence-electron chi connectivity index (χ1n) is 5.09. The van der Waals surface area contributed by atoms with Gasteiger partial charge in [0.15, 0.2) is 0 Å². The zero-order chi connectivity index (χ0) is 9.68. The minimum atomic E-state index is 1.09. The quantitative estimate of drug-likeness (QED) is 0.689. The van der Waals surface area contributed by atoms with Crippen LogP contribution in [0.15, 0.2) is 5.51 Å². The Morgan fingerprint density at radius 2 is 2.31 bits per heavy atom. The maximum atomic E-state index is 4.35.